The third kappa shape index (κ3) is 4.13. The molecule has 2 nitrogen and oxygen atoms in total. The van der Waals surface area contributed by atoms with Gasteiger partial charge in [0.2, 0.25) is 0 Å². The standard InChI is InChI=1S/C15H22N2S2/c1-4-8-16-14(6-5-13-7-9-18-10-13)15-11(2)17-12(3)19-15/h7,9-10,14,16H,4-6,8H2,1-3H3. The zero-order valence-electron chi connectivity index (χ0n) is 11.9. The molecular weight excluding hydrogens is 272 g/mol. The van der Waals surface area contributed by atoms with Crippen molar-refractivity contribution in [3.63, 3.8) is 0 Å². The van der Waals surface area contributed by atoms with Gasteiger partial charge in [-0.05, 0) is 62.0 Å². The topological polar surface area (TPSA) is 24.9 Å². The zero-order valence-corrected chi connectivity index (χ0v) is 13.5. The fraction of sp³-hybridized carbons (Fsp3) is 0.533. The third-order valence-electron chi connectivity index (χ3n) is 3.20. The van der Waals surface area contributed by atoms with Gasteiger partial charge in [0, 0.05) is 10.9 Å². The summed E-state index contributed by atoms with van der Waals surface area (Å²) in [6, 6.07) is 2.68. The maximum atomic E-state index is 4.57. The number of aryl methyl sites for hydroxylation is 3. The molecule has 2 aromatic heterocycles. The monoisotopic (exact) mass is 294 g/mol. The molecule has 0 amide bonds. The van der Waals surface area contributed by atoms with Crippen LogP contribution in [-0.4, -0.2) is 11.5 Å². The third-order valence-corrected chi connectivity index (χ3v) is 5.12. The Balaban J connectivity index is 2.04. The Kier molecular flexibility index (Phi) is 5.55. The first-order valence-corrected chi connectivity index (χ1v) is 8.65. The van der Waals surface area contributed by atoms with E-state index in [2.05, 4.69) is 47.9 Å². The fourth-order valence-corrected chi connectivity index (χ4v) is 4.00. The molecule has 0 fully saturated rings. The Labute approximate surface area is 123 Å². The van der Waals surface area contributed by atoms with Crippen LogP contribution < -0.4 is 5.32 Å². The van der Waals surface area contributed by atoms with Crippen LogP contribution >= 0.6 is 22.7 Å². The summed E-state index contributed by atoms with van der Waals surface area (Å²) in [5.41, 5.74) is 2.65. The molecule has 1 atom stereocenters. The zero-order chi connectivity index (χ0) is 13.7. The van der Waals surface area contributed by atoms with Gasteiger partial charge in [0.1, 0.15) is 0 Å². The number of nitrogens with zero attached hydrogens (tertiary/aromatic N) is 1. The Bertz CT molecular complexity index is 488. The SMILES string of the molecule is CCCNC(CCc1ccsc1)c1sc(C)nc1C. The predicted octanol–water partition coefficient (Wildman–Crippen LogP) is 4.49. The molecule has 0 aromatic carbocycles. The molecule has 0 bridgehead atoms. The molecule has 1 N–H and O–H groups in total. The molecule has 2 aromatic rings. The number of nitrogens with one attached hydrogen (secondary N) is 1. The second kappa shape index (κ2) is 7.17. The van der Waals surface area contributed by atoms with Crippen molar-refractivity contribution < 1.29 is 0 Å². The van der Waals surface area contributed by atoms with Crippen molar-refractivity contribution in [2.24, 2.45) is 0 Å². The first-order chi connectivity index (χ1) is 9.20. The minimum absolute atomic E-state index is 0.450. The van der Waals surface area contributed by atoms with Gasteiger partial charge in [-0.1, -0.05) is 6.92 Å². The first-order valence-electron chi connectivity index (χ1n) is 6.89. The number of thiophene rings is 1. The van der Waals surface area contributed by atoms with Crippen LogP contribution in [0.25, 0.3) is 0 Å². The van der Waals surface area contributed by atoms with Gasteiger partial charge in [-0.3, -0.25) is 0 Å². The molecule has 19 heavy (non-hydrogen) atoms. The minimum atomic E-state index is 0.450. The fourth-order valence-electron chi connectivity index (χ4n) is 2.26. The van der Waals surface area contributed by atoms with Crippen LogP contribution in [0, 0.1) is 13.8 Å². The highest BCUT2D eigenvalue weighted by molar-refractivity contribution is 7.11. The lowest BCUT2D eigenvalue weighted by Gasteiger charge is -2.17. The highest BCUT2D eigenvalue weighted by atomic mass is 32.1. The molecule has 0 aliphatic carbocycles. The lowest BCUT2D eigenvalue weighted by atomic mass is 10.1. The van der Waals surface area contributed by atoms with E-state index in [4.69, 9.17) is 0 Å². The lowest BCUT2D eigenvalue weighted by molar-refractivity contribution is 0.504. The predicted molar refractivity (Wildman–Crippen MR) is 85.3 cm³/mol. The van der Waals surface area contributed by atoms with Gasteiger partial charge in [-0.2, -0.15) is 11.3 Å². The summed E-state index contributed by atoms with van der Waals surface area (Å²) in [7, 11) is 0. The summed E-state index contributed by atoms with van der Waals surface area (Å²) >= 11 is 3.62. The summed E-state index contributed by atoms with van der Waals surface area (Å²) in [5.74, 6) is 0. The van der Waals surface area contributed by atoms with Gasteiger partial charge in [-0.25, -0.2) is 4.98 Å². The van der Waals surface area contributed by atoms with Crippen molar-refractivity contribution in [3.8, 4) is 0 Å². The van der Waals surface area contributed by atoms with Gasteiger partial charge in [-0.15, -0.1) is 11.3 Å². The molecule has 1 unspecified atom stereocenters. The second-order valence-corrected chi connectivity index (χ2v) is 6.87. The van der Waals surface area contributed by atoms with E-state index in [9.17, 15) is 0 Å². The number of aromatic nitrogens is 1. The molecule has 0 saturated carbocycles. The summed E-state index contributed by atoms with van der Waals surface area (Å²) in [5, 5.41) is 9.26. The van der Waals surface area contributed by atoms with E-state index in [-0.39, 0.29) is 0 Å². The summed E-state index contributed by atoms with van der Waals surface area (Å²) in [6.07, 6.45) is 3.46. The van der Waals surface area contributed by atoms with E-state index >= 15 is 0 Å². The summed E-state index contributed by atoms with van der Waals surface area (Å²) < 4.78 is 0. The van der Waals surface area contributed by atoms with Crippen molar-refractivity contribution in [2.45, 2.75) is 46.1 Å². The number of thiazole rings is 1. The van der Waals surface area contributed by atoms with E-state index in [0.717, 1.165) is 19.4 Å². The van der Waals surface area contributed by atoms with Crippen molar-refractivity contribution in [1.82, 2.24) is 10.3 Å². The smallest absolute Gasteiger partial charge is 0.0900 e. The molecule has 0 spiro atoms. The Morgan fingerprint density at radius 2 is 2.21 bits per heavy atom. The molecule has 0 saturated heterocycles. The van der Waals surface area contributed by atoms with Crippen LogP contribution in [0.5, 0.6) is 0 Å². The van der Waals surface area contributed by atoms with Gasteiger partial charge >= 0.3 is 0 Å². The normalized spacial score (nSPS) is 12.8. The summed E-state index contributed by atoms with van der Waals surface area (Å²) in [6.45, 7) is 7.51. The average molecular weight is 294 g/mol. The Morgan fingerprint density at radius 1 is 1.37 bits per heavy atom. The van der Waals surface area contributed by atoms with Crippen LogP contribution in [0.15, 0.2) is 16.8 Å². The molecule has 0 radical (unpaired) electrons. The maximum Gasteiger partial charge on any atom is 0.0900 e. The van der Waals surface area contributed by atoms with Crippen molar-refractivity contribution >= 4 is 22.7 Å². The quantitative estimate of drug-likeness (QED) is 0.813. The highest BCUT2D eigenvalue weighted by Crippen LogP contribution is 2.28. The van der Waals surface area contributed by atoms with E-state index in [0.29, 0.717) is 6.04 Å². The average Bonchev–Trinajstić information content (AvgIpc) is 3.00. The molecule has 2 heterocycles. The van der Waals surface area contributed by atoms with Crippen LogP contribution in [0.3, 0.4) is 0 Å². The Hall–Kier alpha value is -0.710. The molecule has 2 rings (SSSR count). The molecular formula is C15H22N2S2. The molecule has 0 aliphatic rings. The van der Waals surface area contributed by atoms with Crippen LogP contribution in [0.2, 0.25) is 0 Å². The van der Waals surface area contributed by atoms with E-state index in [1.807, 2.05) is 11.3 Å². The van der Waals surface area contributed by atoms with Gasteiger partial charge in [0.05, 0.1) is 10.7 Å². The van der Waals surface area contributed by atoms with E-state index < -0.39 is 0 Å². The van der Waals surface area contributed by atoms with Gasteiger partial charge in [0.15, 0.2) is 0 Å². The first kappa shape index (κ1) is 14.7. The van der Waals surface area contributed by atoms with Crippen molar-refractivity contribution in [1.29, 1.82) is 0 Å². The van der Waals surface area contributed by atoms with Gasteiger partial charge in [0.25, 0.3) is 0 Å². The van der Waals surface area contributed by atoms with E-state index in [1.54, 1.807) is 11.3 Å². The van der Waals surface area contributed by atoms with Crippen LogP contribution in [0.4, 0.5) is 0 Å². The molecule has 4 heteroatoms. The van der Waals surface area contributed by atoms with Crippen molar-refractivity contribution in [2.75, 3.05) is 6.54 Å². The van der Waals surface area contributed by atoms with Crippen molar-refractivity contribution in [3.05, 3.63) is 38.0 Å². The Morgan fingerprint density at radius 3 is 2.79 bits per heavy atom. The van der Waals surface area contributed by atoms with Crippen LogP contribution in [0.1, 0.15) is 46.9 Å². The van der Waals surface area contributed by atoms with Gasteiger partial charge < -0.3 is 5.32 Å². The second-order valence-electron chi connectivity index (χ2n) is 4.86. The molecule has 0 aliphatic heterocycles. The summed E-state index contributed by atoms with van der Waals surface area (Å²) in [4.78, 5) is 5.98. The molecule has 104 valence electrons. The lowest BCUT2D eigenvalue weighted by Crippen LogP contribution is -2.22. The highest BCUT2D eigenvalue weighted by Gasteiger charge is 2.16. The number of hydrogen-bond donors (Lipinski definition) is 1. The largest absolute Gasteiger partial charge is 0.309 e. The minimum Gasteiger partial charge on any atom is -0.309 e. The van der Waals surface area contributed by atoms with Crippen LogP contribution in [-0.2, 0) is 6.42 Å². The number of hydrogen-bond acceptors (Lipinski definition) is 4. The number of rotatable bonds is 7. The maximum absolute atomic E-state index is 4.57. The van der Waals surface area contributed by atoms with E-state index in [1.165, 1.54) is 27.6 Å².